The van der Waals surface area contributed by atoms with Gasteiger partial charge in [-0.3, -0.25) is 4.79 Å². The zero-order chi connectivity index (χ0) is 25.8. The van der Waals surface area contributed by atoms with Crippen molar-refractivity contribution >= 4 is 11.9 Å². The predicted molar refractivity (Wildman–Crippen MR) is 136 cm³/mol. The SMILES string of the molecule is COc1cc2c(c(OC)c1OC)-c1ccc(OC(=O)c3ccc(CN)cc3)cc1[C@@H](NC(C)=O)CC2. The Bertz CT molecular complexity index is 1290. The highest BCUT2D eigenvalue weighted by Crippen LogP contribution is 2.50. The number of nitrogens with two attached hydrogens (primary N) is 1. The van der Waals surface area contributed by atoms with Crippen molar-refractivity contribution in [3.8, 4) is 34.1 Å². The second kappa shape index (κ2) is 10.7. The highest BCUT2D eigenvalue weighted by Gasteiger charge is 2.29. The van der Waals surface area contributed by atoms with Crippen LogP contribution in [-0.2, 0) is 17.8 Å². The smallest absolute Gasteiger partial charge is 0.343 e. The fourth-order valence-corrected chi connectivity index (χ4v) is 4.61. The van der Waals surface area contributed by atoms with Crippen molar-refractivity contribution < 1.29 is 28.5 Å². The lowest BCUT2D eigenvalue weighted by Gasteiger charge is -2.21. The van der Waals surface area contributed by atoms with E-state index in [1.165, 1.54) is 6.92 Å². The zero-order valence-electron chi connectivity index (χ0n) is 20.8. The van der Waals surface area contributed by atoms with Gasteiger partial charge in [0, 0.05) is 19.0 Å². The van der Waals surface area contributed by atoms with Gasteiger partial charge in [-0.2, -0.15) is 0 Å². The van der Waals surface area contributed by atoms with Gasteiger partial charge in [0.25, 0.3) is 0 Å². The van der Waals surface area contributed by atoms with Crippen LogP contribution in [0.3, 0.4) is 0 Å². The zero-order valence-corrected chi connectivity index (χ0v) is 20.8. The molecule has 4 rings (SSSR count). The summed E-state index contributed by atoms with van der Waals surface area (Å²) in [4.78, 5) is 24.8. The van der Waals surface area contributed by atoms with E-state index in [-0.39, 0.29) is 11.9 Å². The van der Waals surface area contributed by atoms with E-state index in [0.717, 1.165) is 27.8 Å². The van der Waals surface area contributed by atoms with Crippen molar-refractivity contribution in [2.75, 3.05) is 21.3 Å². The number of benzene rings is 3. The number of carbonyl (C=O) groups is 2. The first-order valence-electron chi connectivity index (χ1n) is 11.6. The maximum absolute atomic E-state index is 12.8. The Hall–Kier alpha value is -4.04. The third-order valence-corrected chi connectivity index (χ3v) is 6.30. The summed E-state index contributed by atoms with van der Waals surface area (Å²) in [6.07, 6.45) is 1.30. The number of carbonyl (C=O) groups excluding carboxylic acids is 2. The number of hydrogen-bond donors (Lipinski definition) is 2. The lowest BCUT2D eigenvalue weighted by molar-refractivity contribution is -0.119. The summed E-state index contributed by atoms with van der Waals surface area (Å²) in [5, 5.41) is 3.04. The summed E-state index contributed by atoms with van der Waals surface area (Å²) < 4.78 is 22.7. The number of esters is 1. The van der Waals surface area contributed by atoms with Crippen LogP contribution in [-0.4, -0.2) is 33.2 Å². The van der Waals surface area contributed by atoms with Crippen LogP contribution in [0.5, 0.6) is 23.0 Å². The molecule has 3 N–H and O–H groups in total. The molecule has 0 aliphatic heterocycles. The van der Waals surface area contributed by atoms with E-state index >= 15 is 0 Å². The van der Waals surface area contributed by atoms with Gasteiger partial charge in [-0.25, -0.2) is 4.79 Å². The van der Waals surface area contributed by atoms with Crippen LogP contribution in [0, 0.1) is 0 Å². The largest absolute Gasteiger partial charge is 0.493 e. The summed E-state index contributed by atoms with van der Waals surface area (Å²) in [5.74, 6) is 1.34. The van der Waals surface area contributed by atoms with Gasteiger partial charge in [-0.05, 0) is 65.4 Å². The van der Waals surface area contributed by atoms with E-state index in [2.05, 4.69) is 5.32 Å². The summed E-state index contributed by atoms with van der Waals surface area (Å²) in [6.45, 7) is 1.88. The molecule has 1 aliphatic carbocycles. The quantitative estimate of drug-likeness (QED) is 0.378. The van der Waals surface area contributed by atoms with E-state index in [0.29, 0.717) is 47.9 Å². The molecule has 1 amide bonds. The molecule has 0 saturated heterocycles. The van der Waals surface area contributed by atoms with Crippen molar-refractivity contribution in [1.82, 2.24) is 5.32 Å². The minimum Gasteiger partial charge on any atom is -0.493 e. The fourth-order valence-electron chi connectivity index (χ4n) is 4.61. The number of rotatable bonds is 7. The van der Waals surface area contributed by atoms with Gasteiger partial charge in [0.15, 0.2) is 11.5 Å². The van der Waals surface area contributed by atoms with Crippen LogP contribution in [0.25, 0.3) is 11.1 Å². The first-order valence-corrected chi connectivity index (χ1v) is 11.6. The van der Waals surface area contributed by atoms with E-state index < -0.39 is 5.97 Å². The number of ether oxygens (including phenoxy) is 4. The molecule has 0 fully saturated rings. The van der Waals surface area contributed by atoms with Gasteiger partial charge >= 0.3 is 5.97 Å². The first-order chi connectivity index (χ1) is 17.4. The van der Waals surface area contributed by atoms with Crippen molar-refractivity contribution in [3.63, 3.8) is 0 Å². The topological polar surface area (TPSA) is 109 Å². The molecule has 0 spiro atoms. The Morgan fingerprint density at radius 2 is 1.69 bits per heavy atom. The molecule has 36 heavy (non-hydrogen) atoms. The Kier molecular flexibility index (Phi) is 7.45. The number of nitrogens with one attached hydrogen (secondary N) is 1. The monoisotopic (exact) mass is 490 g/mol. The van der Waals surface area contributed by atoms with E-state index in [1.54, 1.807) is 57.7 Å². The number of hydrogen-bond acceptors (Lipinski definition) is 7. The average Bonchev–Trinajstić information content (AvgIpc) is 3.03. The van der Waals surface area contributed by atoms with Crippen molar-refractivity contribution in [2.24, 2.45) is 5.73 Å². The Morgan fingerprint density at radius 3 is 2.31 bits per heavy atom. The number of amides is 1. The molecule has 1 atom stereocenters. The minimum absolute atomic E-state index is 0.151. The summed E-state index contributed by atoms with van der Waals surface area (Å²) >= 11 is 0. The van der Waals surface area contributed by atoms with Crippen LogP contribution in [0.4, 0.5) is 0 Å². The van der Waals surface area contributed by atoms with Gasteiger partial charge in [0.2, 0.25) is 11.7 Å². The third kappa shape index (κ3) is 4.85. The molecule has 188 valence electrons. The van der Waals surface area contributed by atoms with Crippen molar-refractivity contribution in [1.29, 1.82) is 0 Å². The molecule has 0 saturated carbocycles. The first kappa shape index (κ1) is 25.1. The van der Waals surface area contributed by atoms with Gasteiger partial charge in [0.1, 0.15) is 5.75 Å². The molecular weight excluding hydrogens is 460 g/mol. The van der Waals surface area contributed by atoms with Crippen molar-refractivity contribution in [3.05, 3.63) is 70.8 Å². The van der Waals surface area contributed by atoms with Crippen LogP contribution in [0.1, 0.15) is 46.4 Å². The Labute approximate surface area is 210 Å². The van der Waals surface area contributed by atoms with Crippen LogP contribution in [0.15, 0.2) is 48.5 Å². The molecule has 0 bridgehead atoms. The summed E-state index contributed by atoms with van der Waals surface area (Å²) in [7, 11) is 4.73. The minimum atomic E-state index is -0.479. The normalized spacial score (nSPS) is 14.1. The molecule has 3 aromatic carbocycles. The molecule has 1 aliphatic rings. The third-order valence-electron chi connectivity index (χ3n) is 6.30. The van der Waals surface area contributed by atoms with Gasteiger partial charge < -0.3 is 30.0 Å². The molecule has 3 aromatic rings. The van der Waals surface area contributed by atoms with Crippen LogP contribution in [0.2, 0.25) is 0 Å². The second-order valence-electron chi connectivity index (χ2n) is 8.51. The standard InChI is InChI=1S/C28H30N2O6/c1-16(31)30-23-12-9-19-13-24(33-2)26(34-3)27(35-4)25(19)21-11-10-20(14-22(21)23)36-28(32)18-7-5-17(15-29)6-8-18/h5-8,10-11,13-14,23H,9,12,15,29H2,1-4H3,(H,30,31)/t23-/m0/s1. The number of aryl methyl sites for hydroxylation is 1. The molecule has 0 aromatic heterocycles. The molecule has 8 heteroatoms. The summed E-state index contributed by atoms with van der Waals surface area (Å²) in [5.41, 5.74) is 10.5. The number of methoxy groups -OCH3 is 3. The van der Waals surface area contributed by atoms with Crippen LogP contribution < -0.4 is 30.0 Å². The summed E-state index contributed by atoms with van der Waals surface area (Å²) in [6, 6.07) is 14.0. The second-order valence-corrected chi connectivity index (χ2v) is 8.51. The Balaban J connectivity index is 1.80. The molecule has 8 nitrogen and oxygen atoms in total. The highest BCUT2D eigenvalue weighted by molar-refractivity contribution is 5.91. The lowest BCUT2D eigenvalue weighted by atomic mass is 9.93. The maximum Gasteiger partial charge on any atom is 0.343 e. The van der Waals surface area contributed by atoms with Gasteiger partial charge in [-0.15, -0.1) is 0 Å². The number of fused-ring (bicyclic) bond motifs is 3. The Morgan fingerprint density at radius 1 is 0.972 bits per heavy atom. The molecule has 0 radical (unpaired) electrons. The van der Waals surface area contributed by atoms with E-state index in [9.17, 15) is 9.59 Å². The van der Waals surface area contributed by atoms with E-state index in [1.807, 2.05) is 12.1 Å². The molecule has 0 unspecified atom stereocenters. The van der Waals surface area contributed by atoms with Crippen LogP contribution >= 0.6 is 0 Å². The fraction of sp³-hybridized carbons (Fsp3) is 0.286. The van der Waals surface area contributed by atoms with Gasteiger partial charge in [0.05, 0.1) is 32.9 Å². The highest BCUT2D eigenvalue weighted by atomic mass is 16.5. The van der Waals surface area contributed by atoms with Crippen molar-refractivity contribution in [2.45, 2.75) is 32.4 Å². The van der Waals surface area contributed by atoms with Gasteiger partial charge in [-0.1, -0.05) is 18.2 Å². The average molecular weight is 491 g/mol. The lowest BCUT2D eigenvalue weighted by Crippen LogP contribution is -2.26. The maximum atomic E-state index is 12.8. The molecular formula is C28H30N2O6. The predicted octanol–water partition coefficient (Wildman–Crippen LogP) is 4.18. The molecule has 0 heterocycles. The van der Waals surface area contributed by atoms with E-state index in [4.69, 9.17) is 24.7 Å².